The predicted molar refractivity (Wildman–Crippen MR) is 122 cm³/mol. The Morgan fingerprint density at radius 3 is 2.90 bits per heavy atom. The highest BCUT2D eigenvalue weighted by Gasteiger charge is 2.27. The first-order valence-electron chi connectivity index (χ1n) is 10.5. The maximum absolute atomic E-state index is 13.0. The number of hydrogen-bond acceptors (Lipinski definition) is 6. The first-order chi connectivity index (χ1) is 15.1. The molecule has 0 bridgehead atoms. The molecule has 1 atom stereocenters. The van der Waals surface area contributed by atoms with E-state index in [0.29, 0.717) is 19.7 Å². The summed E-state index contributed by atoms with van der Waals surface area (Å²) in [5.74, 6) is 1.65. The quantitative estimate of drug-likeness (QED) is 0.611. The predicted octanol–water partition coefficient (Wildman–Crippen LogP) is 3.78. The number of fused-ring (bicyclic) bond motifs is 2. The summed E-state index contributed by atoms with van der Waals surface area (Å²) in [6.07, 6.45) is 0.778. The number of carbonyl (C=O) groups excluding carboxylic acids is 1. The fourth-order valence-electron chi connectivity index (χ4n) is 4.20. The molecule has 0 saturated heterocycles. The lowest BCUT2D eigenvalue weighted by molar-refractivity contribution is -0.119. The van der Waals surface area contributed by atoms with Crippen molar-refractivity contribution in [3.8, 4) is 22.8 Å². The van der Waals surface area contributed by atoms with E-state index in [1.54, 1.807) is 11.3 Å². The molecule has 7 heteroatoms. The van der Waals surface area contributed by atoms with Crippen LogP contribution in [0, 0.1) is 6.92 Å². The highest BCUT2D eigenvalue weighted by molar-refractivity contribution is 7.09. The Bertz CT molecular complexity index is 1110. The number of hydrogen-bond donors (Lipinski definition) is 0. The number of benzene rings is 2. The van der Waals surface area contributed by atoms with Crippen LogP contribution in [0.1, 0.15) is 10.6 Å². The van der Waals surface area contributed by atoms with Gasteiger partial charge in [0, 0.05) is 29.7 Å². The lowest BCUT2D eigenvalue weighted by Crippen LogP contribution is -2.44. The van der Waals surface area contributed by atoms with E-state index in [0.717, 1.165) is 46.4 Å². The molecule has 31 heavy (non-hydrogen) atoms. The molecular weight excluding hydrogens is 410 g/mol. The molecule has 3 aromatic rings. The van der Waals surface area contributed by atoms with Crippen LogP contribution in [0.25, 0.3) is 11.3 Å². The monoisotopic (exact) mass is 435 g/mol. The molecule has 1 amide bonds. The Hall–Kier alpha value is -2.90. The van der Waals surface area contributed by atoms with E-state index < -0.39 is 0 Å². The second kappa shape index (κ2) is 8.32. The van der Waals surface area contributed by atoms with E-state index in [4.69, 9.17) is 9.47 Å². The number of amides is 1. The first-order valence-corrected chi connectivity index (χ1v) is 11.4. The molecule has 5 rings (SSSR count). The van der Waals surface area contributed by atoms with Gasteiger partial charge in [-0.2, -0.15) is 0 Å². The molecule has 0 radical (unpaired) electrons. The number of rotatable bonds is 5. The summed E-state index contributed by atoms with van der Waals surface area (Å²) < 4.78 is 11.8. The molecule has 6 nitrogen and oxygen atoms in total. The van der Waals surface area contributed by atoms with Gasteiger partial charge in [0.1, 0.15) is 12.7 Å². The molecule has 160 valence electrons. The average Bonchev–Trinajstić information content (AvgIpc) is 3.39. The van der Waals surface area contributed by atoms with Crippen molar-refractivity contribution in [1.29, 1.82) is 0 Å². The lowest BCUT2D eigenvalue weighted by atomic mass is 10.1. The number of carbonyl (C=O) groups is 1. The number of thiazole rings is 1. The van der Waals surface area contributed by atoms with Gasteiger partial charge < -0.3 is 14.4 Å². The Labute approximate surface area is 186 Å². The molecule has 0 N–H and O–H groups in total. The van der Waals surface area contributed by atoms with Crippen LogP contribution in [-0.4, -0.2) is 55.2 Å². The van der Waals surface area contributed by atoms with Crippen molar-refractivity contribution in [2.45, 2.75) is 19.4 Å². The minimum atomic E-state index is -0.0947. The van der Waals surface area contributed by atoms with E-state index in [1.807, 2.05) is 48.0 Å². The maximum atomic E-state index is 13.0. The van der Waals surface area contributed by atoms with Crippen molar-refractivity contribution >= 4 is 22.9 Å². The minimum Gasteiger partial charge on any atom is -0.486 e. The SMILES string of the molecule is Cc1nc(-c2ccc3c(c2)CCN3C(=O)CN(C)CC2COc3ccccc3O2)cs1. The molecule has 2 aromatic carbocycles. The van der Waals surface area contributed by atoms with Gasteiger partial charge in [-0.1, -0.05) is 18.2 Å². The zero-order valence-electron chi connectivity index (χ0n) is 17.7. The van der Waals surface area contributed by atoms with Crippen molar-refractivity contribution in [2.24, 2.45) is 0 Å². The van der Waals surface area contributed by atoms with Crippen molar-refractivity contribution in [3.05, 3.63) is 58.4 Å². The fraction of sp³-hybridized carbons (Fsp3) is 0.333. The maximum Gasteiger partial charge on any atom is 0.241 e. The van der Waals surface area contributed by atoms with E-state index in [-0.39, 0.29) is 12.0 Å². The summed E-state index contributed by atoms with van der Waals surface area (Å²) in [6, 6.07) is 14.0. The number of anilines is 1. The van der Waals surface area contributed by atoms with Gasteiger partial charge in [-0.15, -0.1) is 11.3 Å². The zero-order valence-corrected chi connectivity index (χ0v) is 18.5. The standard InChI is InChI=1S/C24H25N3O3S/c1-16-25-20(15-31-16)17-7-8-21-18(11-17)9-10-27(21)24(28)13-26(2)12-19-14-29-22-5-3-4-6-23(22)30-19/h3-8,11,15,19H,9-10,12-14H2,1-2H3. The van der Waals surface area contributed by atoms with Gasteiger partial charge in [0.15, 0.2) is 11.5 Å². The van der Waals surface area contributed by atoms with Gasteiger partial charge in [-0.25, -0.2) is 4.98 Å². The fourth-order valence-corrected chi connectivity index (χ4v) is 4.82. The largest absolute Gasteiger partial charge is 0.486 e. The Kier molecular flexibility index (Phi) is 5.38. The molecule has 0 fully saturated rings. The molecular formula is C24H25N3O3S. The molecule has 3 heterocycles. The van der Waals surface area contributed by atoms with Crippen LogP contribution in [0.4, 0.5) is 5.69 Å². The van der Waals surface area contributed by atoms with Crippen LogP contribution < -0.4 is 14.4 Å². The van der Waals surface area contributed by atoms with Gasteiger partial charge in [0.25, 0.3) is 0 Å². The number of para-hydroxylation sites is 2. The first kappa shape index (κ1) is 20.0. The highest BCUT2D eigenvalue weighted by Crippen LogP contribution is 2.33. The average molecular weight is 436 g/mol. The van der Waals surface area contributed by atoms with E-state index in [2.05, 4.69) is 28.6 Å². The van der Waals surface area contributed by atoms with Crippen LogP contribution in [0.3, 0.4) is 0 Å². The van der Waals surface area contributed by atoms with Crippen LogP contribution in [0.2, 0.25) is 0 Å². The molecule has 0 spiro atoms. The number of aryl methyl sites for hydroxylation is 1. The van der Waals surface area contributed by atoms with E-state index in [9.17, 15) is 4.79 Å². The van der Waals surface area contributed by atoms with E-state index in [1.165, 1.54) is 5.56 Å². The minimum absolute atomic E-state index is 0.0947. The van der Waals surface area contributed by atoms with Crippen LogP contribution >= 0.6 is 11.3 Å². The third-order valence-corrected chi connectivity index (χ3v) is 6.45. The molecule has 0 saturated carbocycles. The summed E-state index contributed by atoms with van der Waals surface area (Å²) in [7, 11) is 1.95. The third kappa shape index (κ3) is 4.16. The van der Waals surface area contributed by atoms with Gasteiger partial charge >= 0.3 is 0 Å². The summed E-state index contributed by atoms with van der Waals surface area (Å²) in [4.78, 5) is 21.5. The molecule has 0 aliphatic carbocycles. The summed E-state index contributed by atoms with van der Waals surface area (Å²) >= 11 is 1.65. The second-order valence-corrected chi connectivity index (χ2v) is 9.15. The summed E-state index contributed by atoms with van der Waals surface area (Å²) in [5.41, 5.74) is 4.34. The summed E-state index contributed by atoms with van der Waals surface area (Å²) in [6.45, 7) is 4.19. The van der Waals surface area contributed by atoms with Gasteiger partial charge in [0.2, 0.25) is 5.91 Å². The van der Waals surface area contributed by atoms with Gasteiger partial charge in [0.05, 0.1) is 17.2 Å². The smallest absolute Gasteiger partial charge is 0.241 e. The zero-order chi connectivity index (χ0) is 21.4. The Morgan fingerprint density at radius 1 is 1.26 bits per heavy atom. The van der Waals surface area contributed by atoms with E-state index >= 15 is 0 Å². The van der Waals surface area contributed by atoms with Gasteiger partial charge in [-0.3, -0.25) is 9.69 Å². The number of likely N-dealkylation sites (N-methyl/N-ethyl adjacent to an activating group) is 1. The number of aromatic nitrogens is 1. The number of nitrogens with zero attached hydrogens (tertiary/aromatic N) is 3. The topological polar surface area (TPSA) is 54.9 Å². The lowest BCUT2D eigenvalue weighted by Gasteiger charge is -2.30. The summed E-state index contributed by atoms with van der Waals surface area (Å²) in [5, 5.41) is 3.14. The van der Waals surface area contributed by atoms with Crippen LogP contribution in [0.5, 0.6) is 11.5 Å². The Morgan fingerprint density at radius 2 is 2.10 bits per heavy atom. The van der Waals surface area contributed by atoms with Crippen molar-refractivity contribution < 1.29 is 14.3 Å². The molecule has 1 aromatic heterocycles. The second-order valence-electron chi connectivity index (χ2n) is 8.08. The van der Waals surface area contributed by atoms with Crippen molar-refractivity contribution in [2.75, 3.05) is 38.2 Å². The number of ether oxygens (including phenoxy) is 2. The molecule has 1 unspecified atom stereocenters. The molecule has 2 aliphatic rings. The van der Waals surface area contributed by atoms with Crippen LogP contribution in [0.15, 0.2) is 47.8 Å². The van der Waals surface area contributed by atoms with Gasteiger partial charge in [-0.05, 0) is 50.2 Å². The van der Waals surface area contributed by atoms with Crippen LogP contribution in [-0.2, 0) is 11.2 Å². The highest BCUT2D eigenvalue weighted by atomic mass is 32.1. The third-order valence-electron chi connectivity index (χ3n) is 5.68. The Balaban J connectivity index is 1.21. The normalized spacial score (nSPS) is 17.1. The molecule has 2 aliphatic heterocycles. The van der Waals surface area contributed by atoms with Crippen molar-refractivity contribution in [3.63, 3.8) is 0 Å². The van der Waals surface area contributed by atoms with Crippen molar-refractivity contribution in [1.82, 2.24) is 9.88 Å².